The van der Waals surface area contributed by atoms with Crippen LogP contribution < -0.4 is 4.74 Å². The van der Waals surface area contributed by atoms with Gasteiger partial charge in [-0.1, -0.05) is 0 Å². The summed E-state index contributed by atoms with van der Waals surface area (Å²) in [6, 6.07) is 4.07. The van der Waals surface area contributed by atoms with Gasteiger partial charge in [-0.15, -0.1) is 0 Å². The highest BCUT2D eigenvalue weighted by molar-refractivity contribution is 7.13. The first-order valence-electron chi connectivity index (χ1n) is 6.28. The molecule has 1 unspecified atom stereocenters. The molecule has 1 aliphatic heterocycles. The van der Waals surface area contributed by atoms with Gasteiger partial charge in [0.15, 0.2) is 0 Å². The van der Waals surface area contributed by atoms with Crippen LogP contribution in [0, 0.1) is 0 Å². The Morgan fingerprint density at radius 1 is 1.53 bits per heavy atom. The molecule has 3 heterocycles. The Labute approximate surface area is 115 Å². The van der Waals surface area contributed by atoms with Crippen molar-refractivity contribution in [2.45, 2.75) is 25.8 Å². The van der Waals surface area contributed by atoms with Gasteiger partial charge in [0.05, 0.1) is 24.2 Å². The number of amides is 1. The van der Waals surface area contributed by atoms with E-state index in [9.17, 15) is 4.79 Å². The third-order valence-corrected chi connectivity index (χ3v) is 4.26. The summed E-state index contributed by atoms with van der Waals surface area (Å²) in [5, 5.41) is 0.934. The fraction of sp³-hybridized carbons (Fsp3) is 0.462. The number of rotatable bonds is 2. The number of hydrogen-bond acceptors (Lipinski definition) is 5. The van der Waals surface area contributed by atoms with Crippen molar-refractivity contribution in [2.24, 2.45) is 0 Å². The molecule has 1 fully saturated rings. The van der Waals surface area contributed by atoms with E-state index in [1.807, 2.05) is 17.0 Å². The number of fused-ring (bicyclic) bond motifs is 1. The quantitative estimate of drug-likeness (QED) is 0.845. The molecule has 19 heavy (non-hydrogen) atoms. The molecule has 1 atom stereocenters. The van der Waals surface area contributed by atoms with Crippen LogP contribution in [0.25, 0.3) is 10.2 Å². The van der Waals surface area contributed by atoms with Crippen molar-refractivity contribution in [3.8, 4) is 5.88 Å². The van der Waals surface area contributed by atoms with Crippen LogP contribution in [0.2, 0.25) is 0 Å². The van der Waals surface area contributed by atoms with Crippen LogP contribution >= 0.6 is 11.5 Å². The van der Waals surface area contributed by atoms with Crippen LogP contribution in [0.4, 0.5) is 0 Å². The first-order chi connectivity index (χ1) is 9.20. The van der Waals surface area contributed by atoms with Crippen molar-refractivity contribution in [2.75, 3.05) is 13.7 Å². The molecule has 3 rings (SSSR count). The molecule has 6 heteroatoms. The summed E-state index contributed by atoms with van der Waals surface area (Å²) < 4.78 is 9.40. The summed E-state index contributed by atoms with van der Waals surface area (Å²) in [6.07, 6.45) is 2.02. The maximum Gasteiger partial charge on any atom is 0.234 e. The summed E-state index contributed by atoms with van der Waals surface area (Å²) in [7, 11) is 1.61. The lowest BCUT2D eigenvalue weighted by molar-refractivity contribution is -0.129. The lowest BCUT2D eigenvalue weighted by atomic mass is 10.1. The Kier molecular flexibility index (Phi) is 3.10. The van der Waals surface area contributed by atoms with Gasteiger partial charge in [-0.2, -0.15) is 4.37 Å². The number of aromatic nitrogens is 2. The molecule has 0 N–H and O–H groups in total. The van der Waals surface area contributed by atoms with E-state index < -0.39 is 0 Å². The van der Waals surface area contributed by atoms with Crippen LogP contribution in [-0.2, 0) is 4.79 Å². The van der Waals surface area contributed by atoms with Gasteiger partial charge in [0.25, 0.3) is 0 Å². The molecule has 5 nitrogen and oxygen atoms in total. The van der Waals surface area contributed by atoms with Crippen molar-refractivity contribution in [1.82, 2.24) is 14.3 Å². The maximum atomic E-state index is 11.6. The zero-order valence-corrected chi connectivity index (χ0v) is 11.7. The number of carbonyl (C=O) groups is 1. The molecule has 0 saturated carbocycles. The molecular formula is C13H15N3O2S. The van der Waals surface area contributed by atoms with E-state index >= 15 is 0 Å². The van der Waals surface area contributed by atoms with E-state index in [2.05, 4.69) is 9.36 Å². The Balaban J connectivity index is 1.99. The molecule has 0 aromatic carbocycles. The molecule has 0 spiro atoms. The highest BCUT2D eigenvalue weighted by Gasteiger charge is 2.29. The van der Waals surface area contributed by atoms with E-state index in [0.717, 1.165) is 35.3 Å². The molecule has 0 bridgehead atoms. The molecule has 2 aromatic heterocycles. The van der Waals surface area contributed by atoms with E-state index in [1.54, 1.807) is 14.0 Å². The molecular weight excluding hydrogens is 262 g/mol. The lowest BCUT2D eigenvalue weighted by Crippen LogP contribution is -2.28. The molecule has 100 valence electrons. The largest absolute Gasteiger partial charge is 0.480 e. The summed E-state index contributed by atoms with van der Waals surface area (Å²) in [5.41, 5.74) is 0.950. The second-order valence-corrected chi connectivity index (χ2v) is 5.40. The van der Waals surface area contributed by atoms with Crippen LogP contribution in [0.15, 0.2) is 12.1 Å². The van der Waals surface area contributed by atoms with E-state index in [1.165, 1.54) is 11.5 Å². The lowest BCUT2D eigenvalue weighted by Gasteiger charge is -2.22. The van der Waals surface area contributed by atoms with E-state index in [4.69, 9.17) is 4.74 Å². The van der Waals surface area contributed by atoms with Crippen molar-refractivity contribution in [3.63, 3.8) is 0 Å². The Hall–Kier alpha value is -1.69. The zero-order valence-electron chi connectivity index (χ0n) is 10.9. The Morgan fingerprint density at radius 2 is 2.37 bits per heavy atom. The number of pyridine rings is 1. The summed E-state index contributed by atoms with van der Waals surface area (Å²) in [4.78, 5) is 19.0. The van der Waals surface area contributed by atoms with E-state index in [0.29, 0.717) is 5.88 Å². The normalized spacial score (nSPS) is 19.1. The first kappa shape index (κ1) is 12.3. The highest BCUT2D eigenvalue weighted by Crippen LogP contribution is 2.34. The number of nitrogens with zero attached hydrogens (tertiary/aromatic N) is 3. The van der Waals surface area contributed by atoms with Gasteiger partial charge >= 0.3 is 0 Å². The van der Waals surface area contributed by atoms with Crippen LogP contribution in [0.5, 0.6) is 5.88 Å². The summed E-state index contributed by atoms with van der Waals surface area (Å²) in [5.74, 6) is 0.736. The van der Waals surface area contributed by atoms with Crippen LogP contribution in [0.1, 0.15) is 31.5 Å². The fourth-order valence-corrected chi connectivity index (χ4v) is 3.35. The third-order valence-electron chi connectivity index (χ3n) is 3.52. The summed E-state index contributed by atoms with van der Waals surface area (Å²) >= 11 is 1.33. The topological polar surface area (TPSA) is 55.3 Å². The number of likely N-dealkylation sites (tertiary alicyclic amines) is 1. The van der Waals surface area contributed by atoms with Gasteiger partial charge < -0.3 is 9.64 Å². The second-order valence-electron chi connectivity index (χ2n) is 4.65. The van der Waals surface area contributed by atoms with Gasteiger partial charge in [0.1, 0.15) is 4.83 Å². The molecule has 0 aliphatic carbocycles. The molecule has 2 aromatic rings. The highest BCUT2D eigenvalue weighted by atomic mass is 32.1. The molecule has 1 aliphatic rings. The Bertz CT molecular complexity index is 625. The Morgan fingerprint density at radius 3 is 3.11 bits per heavy atom. The molecule has 1 saturated heterocycles. The van der Waals surface area contributed by atoms with Crippen molar-refractivity contribution >= 4 is 27.7 Å². The number of hydrogen-bond donors (Lipinski definition) is 0. The van der Waals surface area contributed by atoms with Crippen molar-refractivity contribution in [1.29, 1.82) is 0 Å². The standard InChI is InChI=1S/C13H15N3O2S/c1-8(17)16-7-3-4-11(16)10-6-5-9-12(18-2)15-19-13(9)14-10/h5-6,11H,3-4,7H2,1-2H3. The maximum absolute atomic E-state index is 11.6. The monoisotopic (exact) mass is 277 g/mol. The van der Waals surface area contributed by atoms with Crippen LogP contribution in [0.3, 0.4) is 0 Å². The van der Waals surface area contributed by atoms with Gasteiger partial charge in [-0.25, -0.2) is 4.98 Å². The van der Waals surface area contributed by atoms with Gasteiger partial charge in [-0.3, -0.25) is 4.79 Å². The van der Waals surface area contributed by atoms with Gasteiger partial charge in [-0.05, 0) is 36.5 Å². The minimum Gasteiger partial charge on any atom is -0.480 e. The molecule has 0 radical (unpaired) electrons. The minimum atomic E-state index is 0.106. The second kappa shape index (κ2) is 4.77. The average Bonchev–Trinajstić information content (AvgIpc) is 3.04. The van der Waals surface area contributed by atoms with Crippen molar-refractivity contribution in [3.05, 3.63) is 17.8 Å². The summed E-state index contributed by atoms with van der Waals surface area (Å²) in [6.45, 7) is 2.44. The predicted octanol–water partition coefficient (Wildman–Crippen LogP) is 2.38. The van der Waals surface area contributed by atoms with Crippen LogP contribution in [-0.4, -0.2) is 33.8 Å². The fourth-order valence-electron chi connectivity index (χ4n) is 2.60. The zero-order chi connectivity index (χ0) is 13.4. The smallest absolute Gasteiger partial charge is 0.234 e. The minimum absolute atomic E-state index is 0.106. The van der Waals surface area contributed by atoms with E-state index in [-0.39, 0.29) is 11.9 Å². The van der Waals surface area contributed by atoms with Gasteiger partial charge in [0, 0.05) is 13.5 Å². The molecule has 1 amide bonds. The average molecular weight is 277 g/mol. The predicted molar refractivity (Wildman–Crippen MR) is 73.3 cm³/mol. The first-order valence-corrected chi connectivity index (χ1v) is 7.05. The number of ether oxygens (including phenoxy) is 1. The SMILES string of the molecule is COc1nsc2nc(C3CCCN3C(C)=O)ccc12. The third kappa shape index (κ3) is 2.06. The number of methoxy groups -OCH3 is 1. The van der Waals surface area contributed by atoms with Crippen molar-refractivity contribution < 1.29 is 9.53 Å². The number of carbonyl (C=O) groups excluding carboxylic acids is 1. The van der Waals surface area contributed by atoms with Gasteiger partial charge in [0.2, 0.25) is 11.8 Å².